The SMILES string of the molecule is CC1Cc2cc(C(N)C3(c4ccccc4)CC3)ccc2O1. The number of rotatable bonds is 3. The second-order valence-corrected chi connectivity index (χ2v) is 6.50. The van der Waals surface area contributed by atoms with Crippen LogP contribution in [0.1, 0.15) is 42.5 Å². The van der Waals surface area contributed by atoms with Gasteiger partial charge in [-0.3, -0.25) is 0 Å². The Morgan fingerprint density at radius 2 is 1.90 bits per heavy atom. The predicted octanol–water partition coefficient (Wildman–Crippen LogP) is 3.74. The van der Waals surface area contributed by atoms with Gasteiger partial charge in [-0.15, -0.1) is 0 Å². The highest BCUT2D eigenvalue weighted by molar-refractivity contribution is 5.45. The van der Waals surface area contributed by atoms with Crippen molar-refractivity contribution in [3.63, 3.8) is 0 Å². The molecular formula is C19H21NO. The zero-order valence-electron chi connectivity index (χ0n) is 12.4. The first-order chi connectivity index (χ1) is 10.2. The number of benzene rings is 2. The second kappa shape index (κ2) is 4.60. The molecule has 108 valence electrons. The van der Waals surface area contributed by atoms with Gasteiger partial charge in [0.25, 0.3) is 0 Å². The number of nitrogens with two attached hydrogens (primary N) is 1. The Kier molecular flexibility index (Phi) is 2.83. The number of hydrogen-bond acceptors (Lipinski definition) is 2. The fourth-order valence-electron chi connectivity index (χ4n) is 3.64. The van der Waals surface area contributed by atoms with Crippen LogP contribution in [0.5, 0.6) is 5.75 Å². The van der Waals surface area contributed by atoms with E-state index >= 15 is 0 Å². The fourth-order valence-corrected chi connectivity index (χ4v) is 3.64. The van der Waals surface area contributed by atoms with Crippen LogP contribution in [-0.4, -0.2) is 6.10 Å². The van der Waals surface area contributed by atoms with Crippen LogP contribution in [0.25, 0.3) is 0 Å². The molecule has 1 saturated carbocycles. The Morgan fingerprint density at radius 1 is 1.14 bits per heavy atom. The van der Waals surface area contributed by atoms with E-state index in [1.807, 2.05) is 0 Å². The molecule has 0 radical (unpaired) electrons. The van der Waals surface area contributed by atoms with Gasteiger partial charge in [0.05, 0.1) is 0 Å². The Morgan fingerprint density at radius 3 is 2.62 bits per heavy atom. The summed E-state index contributed by atoms with van der Waals surface area (Å²) in [5.74, 6) is 1.03. The van der Waals surface area contributed by atoms with Gasteiger partial charge in [-0.2, -0.15) is 0 Å². The smallest absolute Gasteiger partial charge is 0.123 e. The minimum Gasteiger partial charge on any atom is -0.490 e. The summed E-state index contributed by atoms with van der Waals surface area (Å²) >= 11 is 0. The maximum atomic E-state index is 6.66. The molecule has 0 saturated heterocycles. The third-order valence-electron chi connectivity index (χ3n) is 5.01. The molecule has 0 aromatic heterocycles. The average Bonchev–Trinajstić information content (AvgIpc) is 3.23. The molecule has 1 fully saturated rings. The first-order valence-electron chi connectivity index (χ1n) is 7.80. The summed E-state index contributed by atoms with van der Waals surface area (Å²) < 4.78 is 5.79. The molecule has 2 aromatic carbocycles. The quantitative estimate of drug-likeness (QED) is 0.929. The third-order valence-corrected chi connectivity index (χ3v) is 5.01. The molecule has 2 heteroatoms. The Balaban J connectivity index is 1.67. The number of hydrogen-bond donors (Lipinski definition) is 1. The normalized spacial score (nSPS) is 23.2. The summed E-state index contributed by atoms with van der Waals surface area (Å²) in [6, 6.07) is 17.3. The Labute approximate surface area is 125 Å². The second-order valence-electron chi connectivity index (χ2n) is 6.50. The molecule has 1 heterocycles. The van der Waals surface area contributed by atoms with E-state index < -0.39 is 0 Å². The van der Waals surface area contributed by atoms with E-state index in [4.69, 9.17) is 10.5 Å². The van der Waals surface area contributed by atoms with Crippen molar-refractivity contribution >= 4 is 0 Å². The third kappa shape index (κ3) is 2.06. The molecule has 1 aliphatic carbocycles. The van der Waals surface area contributed by atoms with Crippen molar-refractivity contribution in [2.45, 2.75) is 43.7 Å². The topological polar surface area (TPSA) is 35.2 Å². The van der Waals surface area contributed by atoms with Crippen LogP contribution >= 0.6 is 0 Å². The lowest BCUT2D eigenvalue weighted by Gasteiger charge is -2.24. The molecule has 2 N–H and O–H groups in total. The molecule has 0 spiro atoms. The monoisotopic (exact) mass is 279 g/mol. The van der Waals surface area contributed by atoms with Gasteiger partial charge in [0.2, 0.25) is 0 Å². The summed E-state index contributed by atoms with van der Waals surface area (Å²) in [4.78, 5) is 0. The van der Waals surface area contributed by atoms with Crippen LogP contribution in [0.4, 0.5) is 0 Å². The molecule has 2 nitrogen and oxygen atoms in total. The molecule has 21 heavy (non-hydrogen) atoms. The van der Waals surface area contributed by atoms with Gasteiger partial charge in [0.1, 0.15) is 11.9 Å². The first kappa shape index (κ1) is 12.9. The molecule has 0 amide bonds. The fraction of sp³-hybridized carbons (Fsp3) is 0.368. The van der Waals surface area contributed by atoms with Crippen molar-refractivity contribution in [2.24, 2.45) is 5.73 Å². The van der Waals surface area contributed by atoms with Gasteiger partial charge < -0.3 is 10.5 Å². The van der Waals surface area contributed by atoms with Crippen LogP contribution < -0.4 is 10.5 Å². The van der Waals surface area contributed by atoms with Crippen LogP contribution in [0.15, 0.2) is 48.5 Å². The summed E-state index contributed by atoms with van der Waals surface area (Å²) in [7, 11) is 0. The molecule has 1 aliphatic heterocycles. The minimum absolute atomic E-state index is 0.0705. The molecular weight excluding hydrogens is 258 g/mol. The maximum absolute atomic E-state index is 6.66. The van der Waals surface area contributed by atoms with E-state index in [9.17, 15) is 0 Å². The van der Waals surface area contributed by atoms with Crippen molar-refractivity contribution < 1.29 is 4.74 Å². The zero-order chi connectivity index (χ0) is 14.4. The van der Waals surface area contributed by atoms with Crippen molar-refractivity contribution in [1.82, 2.24) is 0 Å². The van der Waals surface area contributed by atoms with Crippen LogP contribution in [0.2, 0.25) is 0 Å². The van der Waals surface area contributed by atoms with E-state index in [2.05, 4.69) is 55.5 Å². The summed E-state index contributed by atoms with van der Waals surface area (Å²) in [5.41, 5.74) is 10.7. The van der Waals surface area contributed by atoms with Crippen LogP contribution in [-0.2, 0) is 11.8 Å². The molecule has 4 rings (SSSR count). The minimum atomic E-state index is 0.0705. The van der Waals surface area contributed by atoms with Gasteiger partial charge in [-0.1, -0.05) is 42.5 Å². The van der Waals surface area contributed by atoms with Gasteiger partial charge in [0, 0.05) is 17.9 Å². The van der Waals surface area contributed by atoms with Gasteiger partial charge >= 0.3 is 0 Å². The van der Waals surface area contributed by atoms with E-state index in [0.717, 1.165) is 12.2 Å². The van der Waals surface area contributed by atoms with E-state index in [1.165, 1.54) is 29.5 Å². The number of ether oxygens (including phenoxy) is 1. The number of fused-ring (bicyclic) bond motifs is 1. The molecule has 2 aliphatic rings. The van der Waals surface area contributed by atoms with Crippen LogP contribution in [0.3, 0.4) is 0 Å². The standard InChI is InChI=1S/C19H21NO/c1-13-11-15-12-14(7-8-17(15)21-13)18(20)19(9-10-19)16-5-3-2-4-6-16/h2-8,12-13,18H,9-11,20H2,1H3. The van der Waals surface area contributed by atoms with Crippen molar-refractivity contribution in [1.29, 1.82) is 0 Å². The predicted molar refractivity (Wildman–Crippen MR) is 84.5 cm³/mol. The van der Waals surface area contributed by atoms with Crippen molar-refractivity contribution in [2.75, 3.05) is 0 Å². The Hall–Kier alpha value is -1.80. The van der Waals surface area contributed by atoms with Crippen molar-refractivity contribution in [3.05, 3.63) is 65.2 Å². The largest absolute Gasteiger partial charge is 0.490 e. The lowest BCUT2D eigenvalue weighted by atomic mass is 9.84. The van der Waals surface area contributed by atoms with Gasteiger partial charge in [-0.05, 0) is 42.5 Å². The van der Waals surface area contributed by atoms with Gasteiger partial charge in [-0.25, -0.2) is 0 Å². The first-order valence-corrected chi connectivity index (χ1v) is 7.80. The molecule has 2 unspecified atom stereocenters. The molecule has 0 bridgehead atoms. The van der Waals surface area contributed by atoms with E-state index in [-0.39, 0.29) is 17.6 Å². The molecule has 2 aromatic rings. The van der Waals surface area contributed by atoms with Gasteiger partial charge in [0.15, 0.2) is 0 Å². The van der Waals surface area contributed by atoms with Crippen molar-refractivity contribution in [3.8, 4) is 5.75 Å². The summed E-state index contributed by atoms with van der Waals surface area (Å²) in [6.07, 6.45) is 3.65. The summed E-state index contributed by atoms with van der Waals surface area (Å²) in [5, 5.41) is 0. The zero-order valence-corrected chi connectivity index (χ0v) is 12.4. The lowest BCUT2D eigenvalue weighted by molar-refractivity contribution is 0.254. The summed E-state index contributed by atoms with van der Waals surface area (Å²) in [6.45, 7) is 2.12. The molecule has 2 atom stereocenters. The highest BCUT2D eigenvalue weighted by Gasteiger charge is 2.49. The Bertz CT molecular complexity index is 661. The maximum Gasteiger partial charge on any atom is 0.123 e. The van der Waals surface area contributed by atoms with E-state index in [0.29, 0.717) is 0 Å². The lowest BCUT2D eigenvalue weighted by Crippen LogP contribution is -2.26. The highest BCUT2D eigenvalue weighted by Crippen LogP contribution is 2.55. The highest BCUT2D eigenvalue weighted by atomic mass is 16.5. The van der Waals surface area contributed by atoms with E-state index in [1.54, 1.807) is 0 Å². The average molecular weight is 279 g/mol. The van der Waals surface area contributed by atoms with Crippen LogP contribution in [0, 0.1) is 0 Å².